The van der Waals surface area contributed by atoms with Crippen molar-refractivity contribution in [2.75, 3.05) is 19.7 Å². The molecule has 1 unspecified atom stereocenters. The Kier molecular flexibility index (Phi) is 3.49. The molecule has 2 aromatic rings. The number of aromatic nitrogens is 2. The van der Waals surface area contributed by atoms with E-state index in [2.05, 4.69) is 27.9 Å². The first kappa shape index (κ1) is 13.2. The van der Waals surface area contributed by atoms with Crippen LogP contribution in [0, 0.1) is 0 Å². The monoisotopic (exact) mass is 271 g/mol. The van der Waals surface area contributed by atoms with Gasteiger partial charge in [0.15, 0.2) is 0 Å². The third-order valence-electron chi connectivity index (χ3n) is 4.05. The molecule has 0 bridgehead atoms. The second-order valence-electron chi connectivity index (χ2n) is 5.54. The number of ether oxygens (including phenoxy) is 1. The first-order chi connectivity index (χ1) is 9.74. The van der Waals surface area contributed by atoms with Crippen LogP contribution in [0.25, 0.3) is 5.69 Å². The van der Waals surface area contributed by atoms with Gasteiger partial charge in [-0.25, -0.2) is 4.98 Å². The van der Waals surface area contributed by atoms with Crippen molar-refractivity contribution in [3.63, 3.8) is 0 Å². The van der Waals surface area contributed by atoms with Crippen molar-refractivity contribution < 1.29 is 4.74 Å². The second-order valence-corrected chi connectivity index (χ2v) is 5.54. The summed E-state index contributed by atoms with van der Waals surface area (Å²) in [5, 5.41) is 3.45. The van der Waals surface area contributed by atoms with Crippen LogP contribution in [0.2, 0.25) is 0 Å². The Hall–Kier alpha value is -1.81. The van der Waals surface area contributed by atoms with E-state index in [4.69, 9.17) is 4.74 Å². The zero-order chi connectivity index (χ0) is 14.0. The van der Waals surface area contributed by atoms with Gasteiger partial charge in [0.05, 0.1) is 18.6 Å². The number of rotatable bonds is 4. The molecule has 1 saturated heterocycles. The van der Waals surface area contributed by atoms with Crippen LogP contribution in [0.5, 0.6) is 5.75 Å². The molecule has 0 saturated carbocycles. The first-order valence-electron chi connectivity index (χ1n) is 7.20. The highest BCUT2D eigenvalue weighted by Crippen LogP contribution is 2.33. The minimum Gasteiger partial charge on any atom is -0.492 e. The van der Waals surface area contributed by atoms with Gasteiger partial charge in [0.25, 0.3) is 0 Å². The van der Waals surface area contributed by atoms with Crippen LogP contribution in [-0.2, 0) is 5.41 Å². The van der Waals surface area contributed by atoms with Gasteiger partial charge in [-0.1, -0.05) is 19.1 Å². The van der Waals surface area contributed by atoms with E-state index in [1.165, 1.54) is 5.69 Å². The number of imidazole rings is 1. The lowest BCUT2D eigenvalue weighted by Crippen LogP contribution is -2.27. The van der Waals surface area contributed by atoms with Crippen molar-refractivity contribution in [3.8, 4) is 11.4 Å². The van der Waals surface area contributed by atoms with E-state index in [-0.39, 0.29) is 5.41 Å². The fraction of sp³-hybridized carbons (Fsp3) is 0.438. The molecule has 0 spiro atoms. The molecule has 1 aromatic heterocycles. The molecule has 1 aliphatic rings. The molecule has 1 aromatic carbocycles. The average Bonchev–Trinajstić information content (AvgIpc) is 3.09. The van der Waals surface area contributed by atoms with E-state index in [0.29, 0.717) is 6.61 Å². The predicted molar refractivity (Wildman–Crippen MR) is 79.6 cm³/mol. The van der Waals surface area contributed by atoms with Gasteiger partial charge in [-0.3, -0.25) is 4.57 Å². The van der Waals surface area contributed by atoms with Crippen molar-refractivity contribution in [2.45, 2.75) is 25.7 Å². The molecule has 0 radical (unpaired) electrons. The van der Waals surface area contributed by atoms with Crippen molar-refractivity contribution in [3.05, 3.63) is 42.5 Å². The third kappa shape index (κ3) is 2.20. The standard InChI is InChI=1S/C16H21N3O/c1-3-20-14-7-5-4-6-13(14)19-12-18-10-15(19)16(2)8-9-17-11-16/h4-7,10,12,17H,3,8-9,11H2,1-2H3. The molecule has 0 amide bonds. The number of nitrogens with zero attached hydrogens (tertiary/aromatic N) is 2. The van der Waals surface area contributed by atoms with Crippen LogP contribution in [0.1, 0.15) is 26.0 Å². The van der Waals surface area contributed by atoms with Crippen LogP contribution in [0.15, 0.2) is 36.8 Å². The van der Waals surface area contributed by atoms with Crippen LogP contribution in [-0.4, -0.2) is 29.2 Å². The molecule has 1 atom stereocenters. The first-order valence-corrected chi connectivity index (χ1v) is 7.20. The summed E-state index contributed by atoms with van der Waals surface area (Å²) in [5.41, 5.74) is 2.44. The maximum absolute atomic E-state index is 5.75. The van der Waals surface area contributed by atoms with Gasteiger partial charge >= 0.3 is 0 Å². The van der Waals surface area contributed by atoms with Crippen LogP contribution in [0.4, 0.5) is 0 Å². The Morgan fingerprint density at radius 2 is 2.25 bits per heavy atom. The van der Waals surface area contributed by atoms with Gasteiger partial charge < -0.3 is 10.1 Å². The van der Waals surface area contributed by atoms with Crippen molar-refractivity contribution in [1.29, 1.82) is 0 Å². The Morgan fingerprint density at radius 3 is 3.00 bits per heavy atom. The highest BCUT2D eigenvalue weighted by atomic mass is 16.5. The van der Waals surface area contributed by atoms with E-state index >= 15 is 0 Å². The molecule has 20 heavy (non-hydrogen) atoms. The lowest BCUT2D eigenvalue weighted by molar-refractivity contribution is 0.338. The number of hydrogen-bond acceptors (Lipinski definition) is 3. The van der Waals surface area contributed by atoms with Crippen LogP contribution >= 0.6 is 0 Å². The summed E-state index contributed by atoms with van der Waals surface area (Å²) in [6, 6.07) is 8.14. The molecule has 106 valence electrons. The SMILES string of the molecule is CCOc1ccccc1-n1cncc1C1(C)CCNC1. The smallest absolute Gasteiger partial charge is 0.143 e. The average molecular weight is 271 g/mol. The van der Waals surface area contributed by atoms with Gasteiger partial charge in [-0.2, -0.15) is 0 Å². The summed E-state index contributed by atoms with van der Waals surface area (Å²) in [5.74, 6) is 0.906. The normalized spacial score (nSPS) is 22.1. The number of hydrogen-bond donors (Lipinski definition) is 1. The fourth-order valence-electron chi connectivity index (χ4n) is 2.90. The molecular formula is C16H21N3O. The quantitative estimate of drug-likeness (QED) is 0.928. The Balaban J connectivity index is 2.06. The lowest BCUT2D eigenvalue weighted by Gasteiger charge is -2.25. The van der Waals surface area contributed by atoms with Gasteiger partial charge in [0.1, 0.15) is 5.75 Å². The van der Waals surface area contributed by atoms with Crippen LogP contribution < -0.4 is 10.1 Å². The van der Waals surface area contributed by atoms with Gasteiger partial charge in [-0.15, -0.1) is 0 Å². The summed E-state index contributed by atoms with van der Waals surface area (Å²) in [6.45, 7) is 7.03. The van der Waals surface area contributed by atoms with Crippen molar-refractivity contribution >= 4 is 0 Å². The topological polar surface area (TPSA) is 39.1 Å². The van der Waals surface area contributed by atoms with E-state index < -0.39 is 0 Å². The summed E-state index contributed by atoms with van der Waals surface area (Å²) in [4.78, 5) is 4.37. The number of para-hydroxylation sites is 2. The number of nitrogens with one attached hydrogen (secondary N) is 1. The molecule has 1 aliphatic heterocycles. The highest BCUT2D eigenvalue weighted by molar-refractivity contribution is 5.48. The van der Waals surface area contributed by atoms with Gasteiger partial charge in [-0.05, 0) is 32.0 Å². The Bertz CT molecular complexity index is 585. The minimum absolute atomic E-state index is 0.135. The molecule has 2 heterocycles. The van der Waals surface area contributed by atoms with E-state index in [1.807, 2.05) is 37.6 Å². The second kappa shape index (κ2) is 5.29. The largest absolute Gasteiger partial charge is 0.492 e. The molecule has 3 rings (SSSR count). The van der Waals surface area contributed by atoms with Crippen molar-refractivity contribution in [1.82, 2.24) is 14.9 Å². The highest BCUT2D eigenvalue weighted by Gasteiger charge is 2.33. The molecule has 4 nitrogen and oxygen atoms in total. The maximum Gasteiger partial charge on any atom is 0.143 e. The lowest BCUT2D eigenvalue weighted by atomic mass is 9.86. The summed E-state index contributed by atoms with van der Waals surface area (Å²) >= 11 is 0. The predicted octanol–water partition coefficient (Wildman–Crippen LogP) is 2.52. The van der Waals surface area contributed by atoms with Gasteiger partial charge in [0, 0.05) is 23.9 Å². The molecule has 0 aliphatic carbocycles. The van der Waals surface area contributed by atoms with Crippen molar-refractivity contribution in [2.24, 2.45) is 0 Å². The van der Waals surface area contributed by atoms with Crippen LogP contribution in [0.3, 0.4) is 0 Å². The molecular weight excluding hydrogens is 250 g/mol. The summed E-state index contributed by atoms with van der Waals surface area (Å²) < 4.78 is 7.91. The molecule has 1 N–H and O–H groups in total. The maximum atomic E-state index is 5.75. The Morgan fingerprint density at radius 1 is 1.40 bits per heavy atom. The summed E-state index contributed by atoms with van der Waals surface area (Å²) in [6.07, 6.45) is 5.00. The van der Waals surface area contributed by atoms with E-state index in [1.54, 1.807) is 0 Å². The van der Waals surface area contributed by atoms with E-state index in [0.717, 1.165) is 30.9 Å². The number of benzene rings is 1. The summed E-state index contributed by atoms with van der Waals surface area (Å²) in [7, 11) is 0. The molecule has 4 heteroatoms. The minimum atomic E-state index is 0.135. The molecule has 1 fully saturated rings. The Labute approximate surface area is 119 Å². The zero-order valence-electron chi connectivity index (χ0n) is 12.1. The fourth-order valence-corrected chi connectivity index (χ4v) is 2.90. The third-order valence-corrected chi connectivity index (χ3v) is 4.05. The van der Waals surface area contributed by atoms with E-state index in [9.17, 15) is 0 Å². The van der Waals surface area contributed by atoms with Gasteiger partial charge in [0.2, 0.25) is 0 Å². The zero-order valence-corrected chi connectivity index (χ0v) is 12.1.